The van der Waals surface area contributed by atoms with E-state index in [1.54, 1.807) is 0 Å². The first-order valence-corrected chi connectivity index (χ1v) is 5.95. The van der Waals surface area contributed by atoms with E-state index >= 15 is 0 Å². The van der Waals surface area contributed by atoms with Gasteiger partial charge in [-0.25, -0.2) is 0 Å². The highest BCUT2D eigenvalue weighted by molar-refractivity contribution is 5.05. The van der Waals surface area contributed by atoms with Crippen LogP contribution in [0.5, 0.6) is 0 Å². The number of rotatable bonds is 5. The number of hydrogen-bond acceptors (Lipinski definition) is 3. The molecule has 0 fully saturated rings. The number of aromatic nitrogens is 2. The molecule has 0 saturated heterocycles. The van der Waals surface area contributed by atoms with E-state index in [4.69, 9.17) is 4.42 Å². The van der Waals surface area contributed by atoms with Crippen LogP contribution >= 0.6 is 0 Å². The van der Waals surface area contributed by atoms with Gasteiger partial charge in [0, 0.05) is 18.8 Å². The smallest absolute Gasteiger partial charge is 0.117 e. The van der Waals surface area contributed by atoms with E-state index in [1.807, 2.05) is 36.0 Å². The van der Waals surface area contributed by atoms with Crippen molar-refractivity contribution in [2.75, 3.05) is 0 Å². The molecule has 0 radical (unpaired) electrons. The Morgan fingerprint density at radius 2 is 2.12 bits per heavy atom. The van der Waals surface area contributed by atoms with Crippen LogP contribution in [0.1, 0.15) is 37.1 Å². The van der Waals surface area contributed by atoms with Crippen molar-refractivity contribution in [3.63, 3.8) is 0 Å². The second kappa shape index (κ2) is 5.19. The highest BCUT2D eigenvalue weighted by Crippen LogP contribution is 2.07. The van der Waals surface area contributed by atoms with Gasteiger partial charge in [-0.1, -0.05) is 0 Å². The lowest BCUT2D eigenvalue weighted by molar-refractivity contribution is 0.458. The van der Waals surface area contributed by atoms with Crippen molar-refractivity contribution in [2.24, 2.45) is 0 Å². The number of hydrogen-bond donors (Lipinski definition) is 1. The van der Waals surface area contributed by atoms with Crippen LogP contribution in [-0.4, -0.2) is 9.78 Å². The van der Waals surface area contributed by atoms with Gasteiger partial charge in [-0.3, -0.25) is 4.68 Å². The van der Waals surface area contributed by atoms with Crippen LogP contribution in [0.25, 0.3) is 0 Å². The highest BCUT2D eigenvalue weighted by Gasteiger charge is 2.02. The quantitative estimate of drug-likeness (QED) is 0.863. The van der Waals surface area contributed by atoms with Crippen molar-refractivity contribution < 1.29 is 4.42 Å². The van der Waals surface area contributed by atoms with Gasteiger partial charge in [0.1, 0.15) is 11.5 Å². The fourth-order valence-electron chi connectivity index (χ4n) is 1.65. The van der Waals surface area contributed by atoms with Gasteiger partial charge >= 0.3 is 0 Å². The molecule has 0 saturated carbocycles. The van der Waals surface area contributed by atoms with E-state index in [0.717, 1.165) is 30.3 Å². The Kier molecular flexibility index (Phi) is 3.64. The molecule has 0 aromatic carbocycles. The highest BCUT2D eigenvalue weighted by atomic mass is 16.3. The minimum absolute atomic E-state index is 0.413. The van der Waals surface area contributed by atoms with Crippen molar-refractivity contribution in [3.05, 3.63) is 41.6 Å². The molecule has 1 N–H and O–H groups in total. The molecule has 92 valence electrons. The van der Waals surface area contributed by atoms with Gasteiger partial charge in [-0.05, 0) is 39.0 Å². The predicted octanol–water partition coefficient (Wildman–Crippen LogP) is 2.66. The average Bonchev–Trinajstić information content (AvgIpc) is 2.88. The monoisotopic (exact) mass is 233 g/mol. The Hall–Kier alpha value is -1.55. The fraction of sp³-hybridized carbons (Fsp3) is 0.462. The molecule has 0 bridgehead atoms. The van der Waals surface area contributed by atoms with Crippen molar-refractivity contribution in [2.45, 2.75) is 39.9 Å². The molecule has 0 aliphatic carbocycles. The second-order valence-electron chi connectivity index (χ2n) is 4.50. The molecular weight excluding hydrogens is 214 g/mol. The number of aryl methyl sites for hydroxylation is 1. The maximum atomic E-state index is 5.48. The summed E-state index contributed by atoms with van der Waals surface area (Å²) in [6, 6.07) is 6.43. The van der Waals surface area contributed by atoms with E-state index in [9.17, 15) is 0 Å². The normalized spacial score (nSPS) is 11.3. The van der Waals surface area contributed by atoms with Gasteiger partial charge in [0.25, 0.3) is 0 Å². The van der Waals surface area contributed by atoms with Crippen molar-refractivity contribution in [1.82, 2.24) is 15.1 Å². The van der Waals surface area contributed by atoms with Crippen molar-refractivity contribution >= 4 is 0 Å². The molecule has 2 aromatic heterocycles. The maximum absolute atomic E-state index is 5.48. The van der Waals surface area contributed by atoms with Crippen molar-refractivity contribution in [3.8, 4) is 0 Å². The SMILES string of the molecule is Cc1ccc(CNCc2ccn(C(C)C)n2)o1. The van der Waals surface area contributed by atoms with Crippen LogP contribution in [0.3, 0.4) is 0 Å². The summed E-state index contributed by atoms with van der Waals surface area (Å²) in [4.78, 5) is 0. The summed E-state index contributed by atoms with van der Waals surface area (Å²) in [6.07, 6.45) is 2.01. The summed E-state index contributed by atoms with van der Waals surface area (Å²) in [5.74, 6) is 1.91. The van der Waals surface area contributed by atoms with Crippen LogP contribution in [0.2, 0.25) is 0 Å². The van der Waals surface area contributed by atoms with Gasteiger partial charge in [-0.2, -0.15) is 5.10 Å². The van der Waals surface area contributed by atoms with Crippen LogP contribution in [0.4, 0.5) is 0 Å². The zero-order valence-electron chi connectivity index (χ0n) is 10.6. The summed E-state index contributed by atoms with van der Waals surface area (Å²) in [7, 11) is 0. The first-order valence-electron chi connectivity index (χ1n) is 5.95. The summed E-state index contributed by atoms with van der Waals surface area (Å²) in [6.45, 7) is 7.70. The lowest BCUT2D eigenvalue weighted by Gasteiger charge is -2.04. The van der Waals surface area contributed by atoms with Gasteiger partial charge in [0.15, 0.2) is 0 Å². The van der Waals surface area contributed by atoms with E-state index in [2.05, 4.69) is 24.3 Å². The summed E-state index contributed by atoms with van der Waals surface area (Å²) in [5.41, 5.74) is 1.06. The summed E-state index contributed by atoms with van der Waals surface area (Å²) >= 11 is 0. The van der Waals surface area contributed by atoms with E-state index in [-0.39, 0.29) is 0 Å². The van der Waals surface area contributed by atoms with Crippen molar-refractivity contribution in [1.29, 1.82) is 0 Å². The standard InChI is InChI=1S/C13H19N3O/c1-10(2)16-7-6-12(15-16)8-14-9-13-5-4-11(3)17-13/h4-7,10,14H,8-9H2,1-3H3. The largest absolute Gasteiger partial charge is 0.465 e. The molecule has 2 heterocycles. The molecule has 4 heteroatoms. The zero-order chi connectivity index (χ0) is 12.3. The van der Waals surface area contributed by atoms with Gasteiger partial charge in [0.05, 0.1) is 12.2 Å². The van der Waals surface area contributed by atoms with Gasteiger partial charge in [0.2, 0.25) is 0 Å². The summed E-state index contributed by atoms with van der Waals surface area (Å²) < 4.78 is 7.44. The minimum Gasteiger partial charge on any atom is -0.465 e. The average molecular weight is 233 g/mol. The predicted molar refractivity (Wildman–Crippen MR) is 66.6 cm³/mol. The topological polar surface area (TPSA) is 43.0 Å². The van der Waals surface area contributed by atoms with Crippen LogP contribution in [-0.2, 0) is 13.1 Å². The first-order chi connectivity index (χ1) is 8.15. The Bertz CT molecular complexity index is 470. The van der Waals surface area contributed by atoms with E-state index in [0.29, 0.717) is 6.04 Å². The van der Waals surface area contributed by atoms with Crippen LogP contribution in [0.15, 0.2) is 28.8 Å². The number of nitrogens with one attached hydrogen (secondary N) is 1. The van der Waals surface area contributed by atoms with E-state index < -0.39 is 0 Å². The summed E-state index contributed by atoms with van der Waals surface area (Å²) in [5, 5.41) is 7.78. The molecule has 0 aliphatic heterocycles. The third kappa shape index (κ3) is 3.20. The third-order valence-electron chi connectivity index (χ3n) is 2.59. The maximum Gasteiger partial charge on any atom is 0.117 e. The fourth-order valence-corrected chi connectivity index (χ4v) is 1.65. The van der Waals surface area contributed by atoms with Gasteiger partial charge in [-0.15, -0.1) is 0 Å². The molecule has 0 spiro atoms. The Balaban J connectivity index is 1.81. The van der Waals surface area contributed by atoms with Crippen LogP contribution in [0, 0.1) is 6.92 Å². The lowest BCUT2D eigenvalue weighted by Crippen LogP contribution is -2.13. The molecule has 0 unspecified atom stereocenters. The number of furan rings is 1. The number of nitrogens with zero attached hydrogens (tertiary/aromatic N) is 2. The Morgan fingerprint density at radius 1 is 1.29 bits per heavy atom. The molecule has 0 amide bonds. The van der Waals surface area contributed by atoms with Crippen LogP contribution < -0.4 is 5.32 Å². The second-order valence-corrected chi connectivity index (χ2v) is 4.50. The molecule has 17 heavy (non-hydrogen) atoms. The Morgan fingerprint density at radius 3 is 2.71 bits per heavy atom. The molecular formula is C13H19N3O. The third-order valence-corrected chi connectivity index (χ3v) is 2.59. The Labute approximate surface area is 102 Å². The van der Waals surface area contributed by atoms with Gasteiger partial charge < -0.3 is 9.73 Å². The molecule has 4 nitrogen and oxygen atoms in total. The first kappa shape index (κ1) is 11.9. The molecule has 0 atom stereocenters. The lowest BCUT2D eigenvalue weighted by atomic mass is 10.4. The van der Waals surface area contributed by atoms with E-state index in [1.165, 1.54) is 0 Å². The minimum atomic E-state index is 0.413. The molecule has 0 aliphatic rings. The molecule has 2 aromatic rings. The molecule has 2 rings (SSSR count). The zero-order valence-corrected chi connectivity index (χ0v) is 10.6.